The Bertz CT molecular complexity index is 209. The fourth-order valence-electron chi connectivity index (χ4n) is 1.94. The van der Waals surface area contributed by atoms with Crippen molar-refractivity contribution < 1.29 is 9.90 Å². The lowest BCUT2D eigenvalue weighted by Gasteiger charge is -2.31. The number of rotatable bonds is 4. The number of piperidine rings is 1. The van der Waals surface area contributed by atoms with Gasteiger partial charge in [-0.25, -0.2) is 0 Å². The third kappa shape index (κ3) is 3.80. The molecule has 2 atom stereocenters. The molecule has 88 valence electrons. The minimum Gasteiger partial charge on any atom is -0.391 e. The first-order valence-electron chi connectivity index (χ1n) is 5.87. The first kappa shape index (κ1) is 12.5. The molecule has 1 aliphatic rings. The molecule has 0 aromatic carbocycles. The maximum absolute atomic E-state index is 11.8. The number of aliphatic hydroxyl groups excluding tert-OH is 1. The van der Waals surface area contributed by atoms with Gasteiger partial charge in [-0.05, 0) is 19.3 Å². The fraction of sp³-hybridized carbons (Fsp3) is 0.909. The lowest BCUT2D eigenvalue weighted by Crippen LogP contribution is -2.49. The molecule has 1 amide bonds. The monoisotopic (exact) mass is 214 g/mol. The van der Waals surface area contributed by atoms with Gasteiger partial charge in [0.25, 0.3) is 0 Å². The molecule has 0 aliphatic carbocycles. The Morgan fingerprint density at radius 2 is 2.40 bits per heavy atom. The van der Waals surface area contributed by atoms with Crippen molar-refractivity contribution in [2.75, 3.05) is 13.1 Å². The number of nitrogens with zero attached hydrogens (tertiary/aromatic N) is 1. The Balaban J connectivity index is 2.37. The summed E-state index contributed by atoms with van der Waals surface area (Å²) in [6.45, 7) is 3.29. The first-order chi connectivity index (χ1) is 7.15. The average molecular weight is 214 g/mol. The Kier molecular flexibility index (Phi) is 5.05. The molecule has 4 nitrogen and oxygen atoms in total. The molecule has 0 bridgehead atoms. The molecule has 1 fully saturated rings. The number of amides is 1. The van der Waals surface area contributed by atoms with Crippen molar-refractivity contribution in [2.45, 2.75) is 51.2 Å². The van der Waals surface area contributed by atoms with Gasteiger partial charge in [0.2, 0.25) is 5.91 Å². The van der Waals surface area contributed by atoms with E-state index < -0.39 is 0 Å². The molecular formula is C11H22N2O2. The van der Waals surface area contributed by atoms with Crippen LogP contribution < -0.4 is 5.73 Å². The van der Waals surface area contributed by atoms with Gasteiger partial charge in [0.05, 0.1) is 12.1 Å². The van der Waals surface area contributed by atoms with Crippen LogP contribution >= 0.6 is 0 Å². The number of nitrogens with two attached hydrogens (primary N) is 1. The van der Waals surface area contributed by atoms with Crippen molar-refractivity contribution in [3.63, 3.8) is 0 Å². The quantitative estimate of drug-likeness (QED) is 0.715. The van der Waals surface area contributed by atoms with Crippen molar-refractivity contribution in [1.29, 1.82) is 0 Å². The van der Waals surface area contributed by atoms with E-state index in [-0.39, 0.29) is 18.1 Å². The highest BCUT2D eigenvalue weighted by Crippen LogP contribution is 2.12. The molecule has 0 aromatic heterocycles. The van der Waals surface area contributed by atoms with Crippen LogP contribution in [0, 0.1) is 0 Å². The molecule has 1 aliphatic heterocycles. The number of aliphatic hydroxyl groups is 1. The van der Waals surface area contributed by atoms with Gasteiger partial charge in [-0.1, -0.05) is 19.8 Å². The van der Waals surface area contributed by atoms with Crippen molar-refractivity contribution >= 4 is 5.91 Å². The highest BCUT2D eigenvalue weighted by Gasteiger charge is 2.25. The Labute approximate surface area is 91.4 Å². The van der Waals surface area contributed by atoms with E-state index in [1.807, 2.05) is 0 Å². The SMILES string of the molecule is CCCCC(N)C(=O)N1CCCC(O)C1. The second-order valence-electron chi connectivity index (χ2n) is 4.33. The number of likely N-dealkylation sites (tertiary alicyclic amines) is 1. The summed E-state index contributed by atoms with van der Waals surface area (Å²) in [5, 5.41) is 9.45. The van der Waals surface area contributed by atoms with Crippen LogP contribution in [-0.4, -0.2) is 41.1 Å². The number of carbonyl (C=O) groups is 1. The maximum Gasteiger partial charge on any atom is 0.239 e. The van der Waals surface area contributed by atoms with Gasteiger partial charge in [0.1, 0.15) is 0 Å². The minimum absolute atomic E-state index is 0.00204. The molecule has 4 heteroatoms. The second-order valence-corrected chi connectivity index (χ2v) is 4.33. The van der Waals surface area contributed by atoms with E-state index in [9.17, 15) is 9.90 Å². The molecule has 1 saturated heterocycles. The average Bonchev–Trinajstić information content (AvgIpc) is 2.24. The standard InChI is InChI=1S/C11H22N2O2/c1-2-3-6-10(12)11(15)13-7-4-5-9(14)8-13/h9-10,14H,2-8,12H2,1H3. The minimum atomic E-state index is -0.379. The topological polar surface area (TPSA) is 66.6 Å². The van der Waals surface area contributed by atoms with E-state index >= 15 is 0 Å². The summed E-state index contributed by atoms with van der Waals surface area (Å²) >= 11 is 0. The molecule has 3 N–H and O–H groups in total. The van der Waals surface area contributed by atoms with Gasteiger partial charge in [-0.15, -0.1) is 0 Å². The van der Waals surface area contributed by atoms with Crippen LogP contribution in [0.25, 0.3) is 0 Å². The summed E-state index contributed by atoms with van der Waals surface area (Å²) in [4.78, 5) is 13.5. The summed E-state index contributed by atoms with van der Waals surface area (Å²) in [5.74, 6) is 0.00204. The first-order valence-corrected chi connectivity index (χ1v) is 5.87. The lowest BCUT2D eigenvalue weighted by molar-refractivity contribution is -0.135. The third-order valence-electron chi connectivity index (χ3n) is 2.89. The van der Waals surface area contributed by atoms with Gasteiger partial charge >= 0.3 is 0 Å². The molecule has 1 rings (SSSR count). The number of unbranched alkanes of at least 4 members (excludes halogenated alkanes) is 1. The van der Waals surface area contributed by atoms with E-state index in [0.29, 0.717) is 6.54 Å². The summed E-state index contributed by atoms with van der Waals surface area (Å²) in [5.41, 5.74) is 5.81. The van der Waals surface area contributed by atoms with E-state index in [2.05, 4.69) is 6.92 Å². The van der Waals surface area contributed by atoms with Gasteiger partial charge in [-0.2, -0.15) is 0 Å². The Hall–Kier alpha value is -0.610. The summed E-state index contributed by atoms with van der Waals surface area (Å²) < 4.78 is 0. The van der Waals surface area contributed by atoms with Crippen molar-refractivity contribution in [3.8, 4) is 0 Å². The van der Waals surface area contributed by atoms with Gasteiger partial charge in [0.15, 0.2) is 0 Å². The van der Waals surface area contributed by atoms with Gasteiger partial charge in [0, 0.05) is 13.1 Å². The molecule has 0 spiro atoms. The van der Waals surface area contributed by atoms with E-state index in [1.165, 1.54) is 0 Å². The van der Waals surface area contributed by atoms with Crippen molar-refractivity contribution in [3.05, 3.63) is 0 Å². The summed E-state index contributed by atoms with van der Waals surface area (Å²) in [6.07, 6.45) is 4.12. The van der Waals surface area contributed by atoms with Crippen LogP contribution in [0.15, 0.2) is 0 Å². The Morgan fingerprint density at radius 1 is 1.67 bits per heavy atom. The summed E-state index contributed by atoms with van der Waals surface area (Å²) in [7, 11) is 0. The zero-order chi connectivity index (χ0) is 11.3. The third-order valence-corrected chi connectivity index (χ3v) is 2.89. The smallest absolute Gasteiger partial charge is 0.239 e. The zero-order valence-corrected chi connectivity index (χ0v) is 9.48. The Morgan fingerprint density at radius 3 is 3.00 bits per heavy atom. The van der Waals surface area contributed by atoms with E-state index in [0.717, 1.165) is 38.6 Å². The van der Waals surface area contributed by atoms with E-state index in [1.54, 1.807) is 4.90 Å². The van der Waals surface area contributed by atoms with Crippen LogP contribution in [0.5, 0.6) is 0 Å². The maximum atomic E-state index is 11.8. The highest BCUT2D eigenvalue weighted by atomic mass is 16.3. The largest absolute Gasteiger partial charge is 0.391 e. The number of hydrogen-bond donors (Lipinski definition) is 2. The highest BCUT2D eigenvalue weighted by molar-refractivity contribution is 5.81. The van der Waals surface area contributed by atoms with Crippen LogP contribution in [-0.2, 0) is 4.79 Å². The number of hydrogen-bond acceptors (Lipinski definition) is 3. The molecular weight excluding hydrogens is 192 g/mol. The van der Waals surface area contributed by atoms with Gasteiger partial charge in [-0.3, -0.25) is 4.79 Å². The molecule has 0 radical (unpaired) electrons. The van der Waals surface area contributed by atoms with Crippen LogP contribution in [0.2, 0.25) is 0 Å². The number of carbonyl (C=O) groups excluding carboxylic acids is 1. The lowest BCUT2D eigenvalue weighted by atomic mass is 10.1. The fourth-order valence-corrected chi connectivity index (χ4v) is 1.94. The molecule has 0 aromatic rings. The van der Waals surface area contributed by atoms with Crippen LogP contribution in [0.1, 0.15) is 39.0 Å². The predicted octanol–water partition coefficient (Wildman–Crippen LogP) is 0.487. The predicted molar refractivity (Wildman–Crippen MR) is 59.3 cm³/mol. The van der Waals surface area contributed by atoms with Crippen LogP contribution in [0.4, 0.5) is 0 Å². The summed E-state index contributed by atoms with van der Waals surface area (Å²) in [6, 6.07) is -0.379. The second kappa shape index (κ2) is 6.08. The molecule has 2 unspecified atom stereocenters. The molecule has 1 heterocycles. The normalized spacial score (nSPS) is 23.9. The molecule has 0 saturated carbocycles. The zero-order valence-electron chi connectivity index (χ0n) is 9.48. The number of β-amino-alcohol motifs (C(OH)–C–C–N with tert-alkyl or cyclic N) is 1. The van der Waals surface area contributed by atoms with Gasteiger partial charge < -0.3 is 15.7 Å². The molecule has 15 heavy (non-hydrogen) atoms. The van der Waals surface area contributed by atoms with Crippen LogP contribution in [0.3, 0.4) is 0 Å². The van der Waals surface area contributed by atoms with E-state index in [4.69, 9.17) is 5.73 Å². The van der Waals surface area contributed by atoms with Crippen molar-refractivity contribution in [2.24, 2.45) is 5.73 Å². The van der Waals surface area contributed by atoms with Crippen molar-refractivity contribution in [1.82, 2.24) is 4.90 Å².